The van der Waals surface area contributed by atoms with Gasteiger partial charge < -0.3 is 5.32 Å². The molecule has 3 aromatic rings. The third kappa shape index (κ3) is 3.14. The number of anilines is 1. The van der Waals surface area contributed by atoms with Gasteiger partial charge in [0.05, 0.1) is 5.69 Å². The molecule has 22 heavy (non-hydrogen) atoms. The minimum atomic E-state index is -0.00878. The first-order valence-corrected chi connectivity index (χ1v) is 7.72. The summed E-state index contributed by atoms with van der Waals surface area (Å²) in [7, 11) is 0. The molecule has 0 unspecified atom stereocenters. The Morgan fingerprint density at radius 3 is 2.45 bits per heavy atom. The molecule has 0 saturated carbocycles. The monoisotopic (exact) mass is 293 g/mol. The molecule has 0 saturated heterocycles. The summed E-state index contributed by atoms with van der Waals surface area (Å²) in [6.45, 7) is 8.63. The maximum absolute atomic E-state index is 4.83. The van der Waals surface area contributed by atoms with Crippen LogP contribution in [0.2, 0.25) is 0 Å². The van der Waals surface area contributed by atoms with Gasteiger partial charge in [-0.25, -0.2) is 4.98 Å². The standard InChI is InChI=1S/C19H23N3/c1-14-10-11-17-20-16(12-15-8-6-5-7-9-15)18(22(17)13-14)21-19(2,3)4/h5-11,13,21H,12H2,1-4H3. The summed E-state index contributed by atoms with van der Waals surface area (Å²) in [4.78, 5) is 4.83. The van der Waals surface area contributed by atoms with Gasteiger partial charge in [0.1, 0.15) is 11.5 Å². The van der Waals surface area contributed by atoms with Gasteiger partial charge in [-0.15, -0.1) is 0 Å². The molecule has 3 rings (SSSR count). The van der Waals surface area contributed by atoms with Crippen LogP contribution in [0.3, 0.4) is 0 Å². The van der Waals surface area contributed by atoms with Crippen LogP contribution in [0.5, 0.6) is 0 Å². The Kier molecular flexibility index (Phi) is 3.65. The van der Waals surface area contributed by atoms with Crippen molar-refractivity contribution in [2.45, 2.75) is 39.7 Å². The van der Waals surface area contributed by atoms with Crippen molar-refractivity contribution in [3.63, 3.8) is 0 Å². The first-order chi connectivity index (χ1) is 10.4. The molecule has 114 valence electrons. The van der Waals surface area contributed by atoms with E-state index in [-0.39, 0.29) is 5.54 Å². The minimum absolute atomic E-state index is 0.00878. The second-order valence-corrected chi connectivity index (χ2v) is 6.88. The zero-order valence-electron chi connectivity index (χ0n) is 13.7. The van der Waals surface area contributed by atoms with Gasteiger partial charge in [0.25, 0.3) is 0 Å². The SMILES string of the molecule is Cc1ccc2nc(Cc3ccccc3)c(NC(C)(C)C)n2c1. The van der Waals surface area contributed by atoms with Crippen LogP contribution < -0.4 is 5.32 Å². The molecule has 1 aromatic carbocycles. The molecule has 3 heteroatoms. The Balaban J connectivity index is 2.09. The highest BCUT2D eigenvalue weighted by molar-refractivity contribution is 5.57. The molecule has 0 aliphatic carbocycles. The number of hydrogen-bond acceptors (Lipinski definition) is 2. The first kappa shape index (κ1) is 14.6. The van der Waals surface area contributed by atoms with E-state index in [9.17, 15) is 0 Å². The fourth-order valence-electron chi connectivity index (χ4n) is 2.60. The van der Waals surface area contributed by atoms with E-state index in [1.807, 2.05) is 6.07 Å². The molecule has 3 nitrogen and oxygen atoms in total. The number of benzene rings is 1. The number of aryl methyl sites for hydroxylation is 1. The summed E-state index contributed by atoms with van der Waals surface area (Å²) in [5.41, 5.74) is 4.58. The highest BCUT2D eigenvalue weighted by Crippen LogP contribution is 2.24. The fourth-order valence-corrected chi connectivity index (χ4v) is 2.60. The van der Waals surface area contributed by atoms with E-state index >= 15 is 0 Å². The number of nitrogens with one attached hydrogen (secondary N) is 1. The predicted molar refractivity (Wildman–Crippen MR) is 92.6 cm³/mol. The van der Waals surface area contributed by atoms with Gasteiger partial charge >= 0.3 is 0 Å². The molecule has 0 radical (unpaired) electrons. The van der Waals surface area contributed by atoms with Crippen LogP contribution in [-0.4, -0.2) is 14.9 Å². The van der Waals surface area contributed by atoms with Gasteiger partial charge in [-0.2, -0.15) is 0 Å². The van der Waals surface area contributed by atoms with Crippen molar-refractivity contribution in [2.75, 3.05) is 5.32 Å². The summed E-state index contributed by atoms with van der Waals surface area (Å²) in [5.74, 6) is 1.09. The second kappa shape index (κ2) is 5.48. The number of fused-ring (bicyclic) bond motifs is 1. The van der Waals surface area contributed by atoms with E-state index in [0.29, 0.717) is 0 Å². The quantitative estimate of drug-likeness (QED) is 0.773. The molecule has 0 aliphatic heterocycles. The summed E-state index contributed by atoms with van der Waals surface area (Å²) in [6, 6.07) is 14.7. The van der Waals surface area contributed by atoms with Crippen LogP contribution in [0.1, 0.15) is 37.6 Å². The average molecular weight is 293 g/mol. The lowest BCUT2D eigenvalue weighted by atomic mass is 10.1. The fraction of sp³-hybridized carbons (Fsp3) is 0.316. The Morgan fingerprint density at radius 2 is 1.77 bits per heavy atom. The highest BCUT2D eigenvalue weighted by Gasteiger charge is 2.18. The molecular formula is C19H23N3. The van der Waals surface area contributed by atoms with Crippen LogP contribution >= 0.6 is 0 Å². The zero-order chi connectivity index (χ0) is 15.7. The number of pyridine rings is 1. The van der Waals surface area contributed by atoms with Gasteiger partial charge in [0, 0.05) is 18.2 Å². The molecule has 2 heterocycles. The van der Waals surface area contributed by atoms with Crippen molar-refractivity contribution in [1.82, 2.24) is 9.38 Å². The lowest BCUT2D eigenvalue weighted by Crippen LogP contribution is -2.27. The number of rotatable bonds is 3. The van der Waals surface area contributed by atoms with Crippen LogP contribution in [0, 0.1) is 6.92 Å². The first-order valence-electron chi connectivity index (χ1n) is 7.72. The Bertz CT molecular complexity index is 780. The second-order valence-electron chi connectivity index (χ2n) is 6.88. The predicted octanol–water partition coefficient (Wildman–Crippen LogP) is 4.44. The highest BCUT2D eigenvalue weighted by atomic mass is 15.2. The summed E-state index contributed by atoms with van der Waals surface area (Å²) in [6.07, 6.45) is 2.98. The summed E-state index contributed by atoms with van der Waals surface area (Å²) >= 11 is 0. The lowest BCUT2D eigenvalue weighted by Gasteiger charge is -2.22. The maximum Gasteiger partial charge on any atom is 0.138 e. The molecule has 0 fully saturated rings. The van der Waals surface area contributed by atoms with Crippen LogP contribution in [0.4, 0.5) is 5.82 Å². The van der Waals surface area contributed by atoms with Gasteiger partial charge in [-0.3, -0.25) is 4.40 Å². The van der Waals surface area contributed by atoms with E-state index in [1.54, 1.807) is 0 Å². The Hall–Kier alpha value is -2.29. The molecule has 0 bridgehead atoms. The van der Waals surface area contributed by atoms with Crippen molar-refractivity contribution >= 4 is 11.5 Å². The number of imidazole rings is 1. The van der Waals surface area contributed by atoms with Crippen LogP contribution in [0.25, 0.3) is 5.65 Å². The summed E-state index contributed by atoms with van der Waals surface area (Å²) < 4.78 is 2.17. The van der Waals surface area contributed by atoms with Crippen LogP contribution in [0.15, 0.2) is 48.7 Å². The Labute approximate surface area is 132 Å². The molecule has 0 atom stereocenters. The van der Waals surface area contributed by atoms with Crippen molar-refractivity contribution < 1.29 is 0 Å². The molecular weight excluding hydrogens is 270 g/mol. The summed E-state index contributed by atoms with van der Waals surface area (Å²) in [5, 5.41) is 3.62. The Morgan fingerprint density at radius 1 is 1.05 bits per heavy atom. The normalized spacial score (nSPS) is 11.8. The maximum atomic E-state index is 4.83. The average Bonchev–Trinajstić information content (AvgIpc) is 2.76. The van der Waals surface area contributed by atoms with E-state index in [1.165, 1.54) is 11.1 Å². The molecule has 0 spiro atoms. The van der Waals surface area contributed by atoms with E-state index in [0.717, 1.165) is 23.6 Å². The minimum Gasteiger partial charge on any atom is -0.365 e. The van der Waals surface area contributed by atoms with Gasteiger partial charge in [-0.05, 0) is 44.9 Å². The van der Waals surface area contributed by atoms with Crippen molar-refractivity contribution in [1.29, 1.82) is 0 Å². The number of nitrogens with zero attached hydrogens (tertiary/aromatic N) is 2. The number of hydrogen-bond donors (Lipinski definition) is 1. The molecule has 1 N–H and O–H groups in total. The molecule has 2 aromatic heterocycles. The lowest BCUT2D eigenvalue weighted by molar-refractivity contribution is 0.628. The van der Waals surface area contributed by atoms with Crippen molar-refractivity contribution in [2.24, 2.45) is 0 Å². The smallest absolute Gasteiger partial charge is 0.138 e. The van der Waals surface area contributed by atoms with Crippen molar-refractivity contribution in [3.05, 3.63) is 65.5 Å². The van der Waals surface area contributed by atoms with Gasteiger partial charge in [0.15, 0.2) is 0 Å². The van der Waals surface area contributed by atoms with E-state index in [2.05, 4.69) is 80.0 Å². The van der Waals surface area contributed by atoms with Gasteiger partial charge in [0.2, 0.25) is 0 Å². The van der Waals surface area contributed by atoms with E-state index < -0.39 is 0 Å². The van der Waals surface area contributed by atoms with Crippen LogP contribution in [-0.2, 0) is 6.42 Å². The molecule has 0 amide bonds. The third-order valence-electron chi connectivity index (χ3n) is 3.55. The third-order valence-corrected chi connectivity index (χ3v) is 3.55. The van der Waals surface area contributed by atoms with Crippen molar-refractivity contribution in [3.8, 4) is 0 Å². The van der Waals surface area contributed by atoms with E-state index in [4.69, 9.17) is 4.98 Å². The zero-order valence-corrected chi connectivity index (χ0v) is 13.7. The van der Waals surface area contributed by atoms with Gasteiger partial charge in [-0.1, -0.05) is 36.4 Å². The largest absolute Gasteiger partial charge is 0.365 e. The molecule has 0 aliphatic rings. The topological polar surface area (TPSA) is 29.3 Å². The number of aromatic nitrogens is 2.